The van der Waals surface area contributed by atoms with Crippen LogP contribution in [0.2, 0.25) is 0 Å². The van der Waals surface area contributed by atoms with Crippen molar-refractivity contribution in [1.82, 2.24) is 4.90 Å². The molecule has 2 N–H and O–H groups in total. The van der Waals surface area contributed by atoms with Crippen molar-refractivity contribution in [2.45, 2.75) is 63.8 Å². The maximum absolute atomic E-state index is 6.15. The highest BCUT2D eigenvalue weighted by Gasteiger charge is 2.42. The van der Waals surface area contributed by atoms with E-state index in [1.54, 1.807) is 0 Å². The number of likely N-dealkylation sites (tertiary alicyclic amines) is 1. The second kappa shape index (κ2) is 6.53. The van der Waals surface area contributed by atoms with Crippen LogP contribution in [0.3, 0.4) is 0 Å². The molecule has 0 radical (unpaired) electrons. The molecule has 1 aliphatic carbocycles. The number of ether oxygens (including phenoxy) is 2. The van der Waals surface area contributed by atoms with Crippen molar-refractivity contribution in [2.24, 2.45) is 16.6 Å². The maximum Gasteiger partial charge on any atom is 0.191 e. The maximum atomic E-state index is 6.15. The fourth-order valence-corrected chi connectivity index (χ4v) is 3.75. The van der Waals surface area contributed by atoms with Gasteiger partial charge in [0.15, 0.2) is 11.7 Å². The fourth-order valence-electron chi connectivity index (χ4n) is 3.75. The van der Waals surface area contributed by atoms with Crippen molar-refractivity contribution in [2.75, 3.05) is 26.2 Å². The van der Waals surface area contributed by atoms with Gasteiger partial charge in [0.1, 0.15) is 6.10 Å². The molecular weight excluding hydrogens is 266 g/mol. The van der Waals surface area contributed by atoms with Gasteiger partial charge in [-0.3, -0.25) is 4.99 Å². The van der Waals surface area contributed by atoms with E-state index in [-0.39, 0.29) is 11.9 Å². The molecular formula is C16H29N3O2. The van der Waals surface area contributed by atoms with Crippen LogP contribution in [0.25, 0.3) is 0 Å². The Labute approximate surface area is 127 Å². The number of guanidine groups is 1. The van der Waals surface area contributed by atoms with E-state index in [2.05, 4.69) is 16.8 Å². The molecule has 120 valence electrons. The molecule has 1 saturated carbocycles. The van der Waals surface area contributed by atoms with Crippen molar-refractivity contribution in [3.63, 3.8) is 0 Å². The molecule has 2 saturated heterocycles. The van der Waals surface area contributed by atoms with Crippen LogP contribution in [0.5, 0.6) is 0 Å². The number of nitrogens with two attached hydrogens (primary N) is 1. The van der Waals surface area contributed by atoms with Crippen molar-refractivity contribution in [3.05, 3.63) is 0 Å². The van der Waals surface area contributed by atoms with Gasteiger partial charge in [0.25, 0.3) is 0 Å². The third-order valence-corrected chi connectivity index (χ3v) is 4.97. The highest BCUT2D eigenvalue weighted by molar-refractivity contribution is 5.78. The number of nitrogens with zero attached hydrogens (tertiary/aromatic N) is 2. The summed E-state index contributed by atoms with van der Waals surface area (Å²) in [7, 11) is 0. The molecule has 1 spiro atoms. The zero-order chi connectivity index (χ0) is 14.7. The van der Waals surface area contributed by atoms with Crippen molar-refractivity contribution < 1.29 is 9.47 Å². The molecule has 3 rings (SSSR count). The lowest BCUT2D eigenvalue weighted by Gasteiger charge is -2.32. The van der Waals surface area contributed by atoms with Gasteiger partial charge < -0.3 is 20.1 Å². The van der Waals surface area contributed by atoms with Crippen LogP contribution >= 0.6 is 0 Å². The summed E-state index contributed by atoms with van der Waals surface area (Å²) < 4.78 is 12.1. The van der Waals surface area contributed by atoms with Crippen LogP contribution < -0.4 is 5.73 Å². The Morgan fingerprint density at radius 2 is 2.10 bits per heavy atom. The standard InChI is InChI=1S/C16H29N3O2/c1-13-6-5-9-19(11-13)15(17)18-10-14-12-20-16(21-14)7-3-2-4-8-16/h13-14H,2-12H2,1H3,(H2,17,18). The van der Waals surface area contributed by atoms with E-state index in [1.807, 2.05) is 0 Å². The molecule has 5 nitrogen and oxygen atoms in total. The second-order valence-corrected chi connectivity index (χ2v) is 6.91. The van der Waals surface area contributed by atoms with Crippen molar-refractivity contribution >= 4 is 5.96 Å². The number of hydrogen-bond donors (Lipinski definition) is 1. The minimum Gasteiger partial charge on any atom is -0.370 e. The lowest BCUT2D eigenvalue weighted by atomic mass is 9.94. The molecule has 0 bridgehead atoms. The van der Waals surface area contributed by atoms with E-state index in [1.165, 1.54) is 32.1 Å². The Balaban J connectivity index is 1.49. The molecule has 0 aromatic carbocycles. The van der Waals surface area contributed by atoms with E-state index in [0.29, 0.717) is 25.0 Å². The summed E-state index contributed by atoms with van der Waals surface area (Å²) in [5, 5.41) is 0. The predicted octanol–water partition coefficient (Wildman–Crippen LogP) is 2.11. The molecule has 21 heavy (non-hydrogen) atoms. The zero-order valence-corrected chi connectivity index (χ0v) is 13.2. The molecule has 2 unspecified atom stereocenters. The predicted molar refractivity (Wildman–Crippen MR) is 83.1 cm³/mol. The largest absolute Gasteiger partial charge is 0.370 e. The third-order valence-electron chi connectivity index (χ3n) is 4.97. The first kappa shape index (κ1) is 15.1. The first-order valence-corrected chi connectivity index (χ1v) is 8.53. The van der Waals surface area contributed by atoms with Crippen LogP contribution in [-0.2, 0) is 9.47 Å². The van der Waals surface area contributed by atoms with Gasteiger partial charge in [0, 0.05) is 25.9 Å². The molecule has 5 heteroatoms. The number of hydrogen-bond acceptors (Lipinski definition) is 3. The first-order chi connectivity index (χ1) is 10.2. The minimum atomic E-state index is -0.299. The van der Waals surface area contributed by atoms with Crippen LogP contribution in [0.15, 0.2) is 4.99 Å². The number of piperidine rings is 1. The van der Waals surface area contributed by atoms with Crippen molar-refractivity contribution in [3.8, 4) is 0 Å². The zero-order valence-electron chi connectivity index (χ0n) is 13.2. The molecule has 0 amide bonds. The van der Waals surface area contributed by atoms with Gasteiger partial charge in [-0.2, -0.15) is 0 Å². The average molecular weight is 295 g/mol. The number of rotatable bonds is 2. The first-order valence-electron chi connectivity index (χ1n) is 8.53. The SMILES string of the molecule is CC1CCCN(C(N)=NCC2COC3(CCCCC3)O2)C1. The summed E-state index contributed by atoms with van der Waals surface area (Å²) in [6.07, 6.45) is 8.38. The van der Waals surface area contributed by atoms with Gasteiger partial charge >= 0.3 is 0 Å². The van der Waals surface area contributed by atoms with Gasteiger partial charge in [-0.05, 0) is 31.6 Å². The van der Waals surface area contributed by atoms with Crippen LogP contribution in [-0.4, -0.2) is 49.0 Å². The van der Waals surface area contributed by atoms with Gasteiger partial charge in [0.05, 0.1) is 13.2 Å². The van der Waals surface area contributed by atoms with E-state index < -0.39 is 0 Å². The normalized spacial score (nSPS) is 33.6. The molecule has 0 aromatic rings. The Hall–Kier alpha value is -0.810. The summed E-state index contributed by atoms with van der Waals surface area (Å²) >= 11 is 0. The topological polar surface area (TPSA) is 60.1 Å². The molecule has 0 aromatic heterocycles. The van der Waals surface area contributed by atoms with E-state index in [4.69, 9.17) is 15.2 Å². The Bertz CT molecular complexity index is 380. The van der Waals surface area contributed by atoms with Crippen LogP contribution in [0, 0.1) is 5.92 Å². The minimum absolute atomic E-state index is 0.0730. The quantitative estimate of drug-likeness (QED) is 0.626. The molecule has 2 atom stereocenters. The van der Waals surface area contributed by atoms with Gasteiger partial charge in [-0.15, -0.1) is 0 Å². The fraction of sp³-hybridized carbons (Fsp3) is 0.938. The molecule has 3 fully saturated rings. The number of aliphatic imine (C=N–C) groups is 1. The van der Waals surface area contributed by atoms with Gasteiger partial charge in [0.2, 0.25) is 0 Å². The average Bonchev–Trinajstić information content (AvgIpc) is 2.88. The van der Waals surface area contributed by atoms with E-state index in [0.717, 1.165) is 25.9 Å². The van der Waals surface area contributed by atoms with Crippen LogP contribution in [0.1, 0.15) is 51.9 Å². The van der Waals surface area contributed by atoms with Crippen molar-refractivity contribution in [1.29, 1.82) is 0 Å². The molecule has 2 heterocycles. The Kier molecular flexibility index (Phi) is 4.69. The molecule has 3 aliphatic rings. The summed E-state index contributed by atoms with van der Waals surface area (Å²) in [6.45, 7) is 5.62. The Morgan fingerprint density at radius 3 is 2.86 bits per heavy atom. The van der Waals surface area contributed by atoms with E-state index >= 15 is 0 Å². The highest BCUT2D eigenvalue weighted by Crippen LogP contribution is 2.37. The summed E-state index contributed by atoms with van der Waals surface area (Å²) in [5.74, 6) is 1.09. The molecule has 2 aliphatic heterocycles. The van der Waals surface area contributed by atoms with Gasteiger partial charge in [-0.25, -0.2) is 0 Å². The highest BCUT2D eigenvalue weighted by atomic mass is 16.7. The lowest BCUT2D eigenvalue weighted by Crippen LogP contribution is -2.44. The second-order valence-electron chi connectivity index (χ2n) is 6.91. The van der Waals surface area contributed by atoms with Crippen LogP contribution in [0.4, 0.5) is 0 Å². The summed E-state index contributed by atoms with van der Waals surface area (Å²) in [5.41, 5.74) is 6.14. The summed E-state index contributed by atoms with van der Waals surface area (Å²) in [4.78, 5) is 6.77. The smallest absolute Gasteiger partial charge is 0.191 e. The lowest BCUT2D eigenvalue weighted by molar-refractivity contribution is -0.186. The van der Waals surface area contributed by atoms with E-state index in [9.17, 15) is 0 Å². The monoisotopic (exact) mass is 295 g/mol. The third kappa shape index (κ3) is 3.69. The summed E-state index contributed by atoms with van der Waals surface area (Å²) in [6, 6.07) is 0. The van der Waals surface area contributed by atoms with Gasteiger partial charge in [-0.1, -0.05) is 13.3 Å². The Morgan fingerprint density at radius 1 is 1.29 bits per heavy atom.